The summed E-state index contributed by atoms with van der Waals surface area (Å²) in [6, 6.07) is 11.2. The summed E-state index contributed by atoms with van der Waals surface area (Å²) in [4.78, 5) is 0. The zero-order chi connectivity index (χ0) is 12.8. The van der Waals surface area contributed by atoms with E-state index in [2.05, 4.69) is 49.5 Å². The molecule has 1 aromatic carbocycles. The summed E-state index contributed by atoms with van der Waals surface area (Å²) in [7, 11) is 0. The third kappa shape index (κ3) is 4.11. The summed E-state index contributed by atoms with van der Waals surface area (Å²) < 4.78 is 5.79. The quantitative estimate of drug-likeness (QED) is 0.833. The van der Waals surface area contributed by atoms with E-state index in [9.17, 15) is 0 Å². The second-order valence-corrected chi connectivity index (χ2v) is 5.71. The van der Waals surface area contributed by atoms with E-state index >= 15 is 0 Å². The summed E-state index contributed by atoms with van der Waals surface area (Å²) in [5.41, 5.74) is 1.50. The van der Waals surface area contributed by atoms with Gasteiger partial charge in [-0.1, -0.05) is 30.3 Å². The minimum atomic E-state index is 0.0704. The molecule has 1 aliphatic rings. The van der Waals surface area contributed by atoms with Crippen molar-refractivity contribution < 1.29 is 4.74 Å². The van der Waals surface area contributed by atoms with Crippen LogP contribution in [-0.4, -0.2) is 24.8 Å². The molecule has 1 aromatic rings. The van der Waals surface area contributed by atoms with Crippen LogP contribution in [-0.2, 0) is 11.2 Å². The van der Waals surface area contributed by atoms with E-state index in [-0.39, 0.29) is 5.60 Å². The first-order valence-corrected chi connectivity index (χ1v) is 7.09. The summed E-state index contributed by atoms with van der Waals surface area (Å²) in [5.74, 6) is 0. The van der Waals surface area contributed by atoms with Gasteiger partial charge >= 0.3 is 0 Å². The highest BCUT2D eigenvalue weighted by atomic mass is 16.5. The maximum Gasteiger partial charge on any atom is 0.0779 e. The van der Waals surface area contributed by atoms with Crippen LogP contribution in [0.2, 0.25) is 0 Å². The monoisotopic (exact) mass is 247 g/mol. The Bertz CT molecular complexity index is 343. The molecule has 2 unspecified atom stereocenters. The Morgan fingerprint density at radius 3 is 2.78 bits per heavy atom. The molecule has 2 heteroatoms. The Balaban J connectivity index is 1.67. The molecule has 1 N–H and O–H groups in total. The molecule has 1 fully saturated rings. The van der Waals surface area contributed by atoms with Gasteiger partial charge in [-0.25, -0.2) is 0 Å². The van der Waals surface area contributed by atoms with Crippen LogP contribution in [0, 0.1) is 0 Å². The standard InChI is InChI=1S/C16H25NO/c1-14(9-10-15-7-4-3-5-8-15)17-13-16(2)11-6-12-18-16/h3-5,7-8,14,17H,6,9-13H2,1-2H3. The molecule has 1 saturated heterocycles. The minimum absolute atomic E-state index is 0.0704. The molecule has 0 saturated carbocycles. The third-order valence-electron chi connectivity index (χ3n) is 3.83. The Morgan fingerprint density at radius 1 is 1.33 bits per heavy atom. The van der Waals surface area contributed by atoms with Crippen molar-refractivity contribution in [1.29, 1.82) is 0 Å². The van der Waals surface area contributed by atoms with Gasteiger partial charge in [0, 0.05) is 19.2 Å². The summed E-state index contributed by atoms with van der Waals surface area (Å²) in [5, 5.41) is 3.61. The number of aryl methyl sites for hydroxylation is 1. The molecule has 0 amide bonds. The maximum atomic E-state index is 5.79. The van der Waals surface area contributed by atoms with Crippen LogP contribution in [0.25, 0.3) is 0 Å². The molecule has 18 heavy (non-hydrogen) atoms. The summed E-state index contributed by atoms with van der Waals surface area (Å²) in [6.45, 7) is 6.39. The number of benzene rings is 1. The van der Waals surface area contributed by atoms with Crippen molar-refractivity contribution >= 4 is 0 Å². The minimum Gasteiger partial charge on any atom is -0.374 e. The van der Waals surface area contributed by atoms with Crippen molar-refractivity contribution in [2.45, 2.75) is 51.2 Å². The highest BCUT2D eigenvalue weighted by molar-refractivity contribution is 5.14. The van der Waals surface area contributed by atoms with Gasteiger partial charge in [0.25, 0.3) is 0 Å². The lowest BCUT2D eigenvalue weighted by atomic mass is 10.0. The van der Waals surface area contributed by atoms with Crippen LogP contribution < -0.4 is 5.32 Å². The van der Waals surface area contributed by atoms with E-state index in [1.165, 1.54) is 24.8 Å². The highest BCUT2D eigenvalue weighted by Crippen LogP contribution is 2.24. The molecule has 0 spiro atoms. The fourth-order valence-electron chi connectivity index (χ4n) is 2.50. The Hall–Kier alpha value is -0.860. The fraction of sp³-hybridized carbons (Fsp3) is 0.625. The molecular weight excluding hydrogens is 222 g/mol. The van der Waals surface area contributed by atoms with Crippen molar-refractivity contribution in [2.24, 2.45) is 0 Å². The van der Waals surface area contributed by atoms with Gasteiger partial charge in [-0.15, -0.1) is 0 Å². The van der Waals surface area contributed by atoms with Gasteiger partial charge in [-0.05, 0) is 45.1 Å². The second-order valence-electron chi connectivity index (χ2n) is 5.71. The van der Waals surface area contributed by atoms with E-state index in [0.717, 1.165) is 19.6 Å². The molecular formula is C16H25NO. The molecule has 0 bridgehead atoms. The topological polar surface area (TPSA) is 21.3 Å². The van der Waals surface area contributed by atoms with E-state index in [0.29, 0.717) is 6.04 Å². The second kappa shape index (κ2) is 6.35. The van der Waals surface area contributed by atoms with Gasteiger partial charge in [-0.3, -0.25) is 0 Å². The number of nitrogens with one attached hydrogen (secondary N) is 1. The molecule has 1 heterocycles. The van der Waals surface area contributed by atoms with E-state index in [1.54, 1.807) is 0 Å². The first kappa shape index (κ1) is 13.6. The predicted molar refractivity (Wildman–Crippen MR) is 75.8 cm³/mol. The Labute approximate surface area is 111 Å². The maximum absolute atomic E-state index is 5.79. The van der Waals surface area contributed by atoms with Crippen LogP contribution >= 0.6 is 0 Å². The van der Waals surface area contributed by atoms with Gasteiger partial charge in [0.1, 0.15) is 0 Å². The average molecular weight is 247 g/mol. The molecule has 2 atom stereocenters. The smallest absolute Gasteiger partial charge is 0.0779 e. The number of hydrogen-bond donors (Lipinski definition) is 1. The molecule has 100 valence electrons. The number of rotatable bonds is 6. The lowest BCUT2D eigenvalue weighted by Gasteiger charge is -2.26. The SMILES string of the molecule is CC(CCc1ccccc1)NCC1(C)CCCO1. The fourth-order valence-corrected chi connectivity index (χ4v) is 2.50. The summed E-state index contributed by atoms with van der Waals surface area (Å²) >= 11 is 0. The Kier molecular flexibility index (Phi) is 4.79. The number of ether oxygens (including phenoxy) is 1. The normalized spacial score (nSPS) is 25.2. The van der Waals surface area contributed by atoms with Crippen molar-refractivity contribution in [1.82, 2.24) is 5.32 Å². The zero-order valence-electron chi connectivity index (χ0n) is 11.6. The van der Waals surface area contributed by atoms with Crippen LogP contribution in [0.15, 0.2) is 30.3 Å². The first-order valence-electron chi connectivity index (χ1n) is 7.09. The molecule has 1 aliphatic heterocycles. The van der Waals surface area contributed by atoms with Crippen LogP contribution in [0.4, 0.5) is 0 Å². The van der Waals surface area contributed by atoms with Crippen molar-refractivity contribution in [3.8, 4) is 0 Å². The molecule has 0 aromatic heterocycles. The summed E-state index contributed by atoms with van der Waals surface area (Å²) in [6.07, 6.45) is 4.72. The van der Waals surface area contributed by atoms with Crippen molar-refractivity contribution in [3.63, 3.8) is 0 Å². The molecule has 2 nitrogen and oxygen atoms in total. The molecule has 2 rings (SSSR count). The van der Waals surface area contributed by atoms with Gasteiger partial charge in [0.15, 0.2) is 0 Å². The molecule has 0 aliphatic carbocycles. The van der Waals surface area contributed by atoms with Gasteiger partial charge in [-0.2, -0.15) is 0 Å². The van der Waals surface area contributed by atoms with Gasteiger partial charge in [0.05, 0.1) is 5.60 Å². The largest absolute Gasteiger partial charge is 0.374 e. The van der Waals surface area contributed by atoms with E-state index < -0.39 is 0 Å². The van der Waals surface area contributed by atoms with E-state index in [1.807, 2.05) is 0 Å². The third-order valence-corrected chi connectivity index (χ3v) is 3.83. The van der Waals surface area contributed by atoms with E-state index in [4.69, 9.17) is 4.74 Å². The lowest BCUT2D eigenvalue weighted by Crippen LogP contribution is -2.41. The predicted octanol–water partition coefficient (Wildman–Crippen LogP) is 3.17. The van der Waals surface area contributed by atoms with Crippen LogP contribution in [0.3, 0.4) is 0 Å². The van der Waals surface area contributed by atoms with Gasteiger partial charge in [0.2, 0.25) is 0 Å². The zero-order valence-corrected chi connectivity index (χ0v) is 11.6. The van der Waals surface area contributed by atoms with Gasteiger partial charge < -0.3 is 10.1 Å². The van der Waals surface area contributed by atoms with Crippen molar-refractivity contribution in [3.05, 3.63) is 35.9 Å². The van der Waals surface area contributed by atoms with Crippen LogP contribution in [0.5, 0.6) is 0 Å². The Morgan fingerprint density at radius 2 is 2.11 bits per heavy atom. The van der Waals surface area contributed by atoms with Crippen molar-refractivity contribution in [2.75, 3.05) is 13.2 Å². The average Bonchev–Trinajstić information content (AvgIpc) is 2.83. The number of hydrogen-bond acceptors (Lipinski definition) is 2. The first-order chi connectivity index (χ1) is 8.68. The van der Waals surface area contributed by atoms with Crippen LogP contribution in [0.1, 0.15) is 38.7 Å². The lowest BCUT2D eigenvalue weighted by molar-refractivity contribution is 0.0190. The highest BCUT2D eigenvalue weighted by Gasteiger charge is 2.29. The molecule has 0 radical (unpaired) electrons.